The molecule has 0 radical (unpaired) electrons. The predicted octanol–water partition coefficient (Wildman–Crippen LogP) is 2.11. The minimum absolute atomic E-state index is 0.0545. The molecule has 116 valence electrons. The van der Waals surface area contributed by atoms with E-state index in [1.54, 1.807) is 0 Å². The normalized spacial score (nSPS) is 19.9. The summed E-state index contributed by atoms with van der Waals surface area (Å²) in [4.78, 5) is 16.5. The van der Waals surface area contributed by atoms with Gasteiger partial charge in [-0.15, -0.1) is 11.3 Å². The van der Waals surface area contributed by atoms with Crippen molar-refractivity contribution in [3.8, 4) is 0 Å². The zero-order chi connectivity index (χ0) is 15.6. The quantitative estimate of drug-likeness (QED) is 0.928. The number of sulfone groups is 1. The van der Waals surface area contributed by atoms with Crippen LogP contribution in [0.15, 0.2) is 35.7 Å². The molecule has 0 spiro atoms. The molecule has 22 heavy (non-hydrogen) atoms. The number of carbonyl (C=O) groups is 1. The number of carbonyl (C=O) groups excluding carboxylic acids is 1. The standard InChI is InChI=1S/C15H16N2O3S2/c18-14(12-6-7-22(19,20)10-12)17-15-16-13(9-21-15)8-11-4-2-1-3-5-11/h1-5,9,12H,6-8,10H2,(H,16,17,18). The summed E-state index contributed by atoms with van der Waals surface area (Å²) in [7, 11) is -3.05. The SMILES string of the molecule is O=C(Nc1nc(Cc2ccccc2)cs1)C1CCS(=O)(=O)C1. The molecule has 2 aromatic rings. The van der Waals surface area contributed by atoms with Crippen molar-refractivity contribution >= 4 is 32.2 Å². The van der Waals surface area contributed by atoms with Crippen molar-refractivity contribution in [3.63, 3.8) is 0 Å². The lowest BCUT2D eigenvalue weighted by molar-refractivity contribution is -0.119. The summed E-state index contributed by atoms with van der Waals surface area (Å²) in [6.45, 7) is 0. The Hall–Kier alpha value is -1.73. The van der Waals surface area contributed by atoms with Crippen molar-refractivity contribution in [2.24, 2.45) is 5.92 Å². The molecule has 1 N–H and O–H groups in total. The third-order valence-corrected chi connectivity index (χ3v) is 6.19. The highest BCUT2D eigenvalue weighted by Gasteiger charge is 2.33. The lowest BCUT2D eigenvalue weighted by atomic mass is 10.1. The summed E-state index contributed by atoms with van der Waals surface area (Å²) in [6.07, 6.45) is 1.11. The molecule has 3 rings (SSSR count). The van der Waals surface area contributed by atoms with Gasteiger partial charge >= 0.3 is 0 Å². The van der Waals surface area contributed by atoms with E-state index >= 15 is 0 Å². The van der Waals surface area contributed by atoms with Crippen LogP contribution in [0.25, 0.3) is 0 Å². The minimum atomic E-state index is -3.05. The maximum absolute atomic E-state index is 12.1. The lowest BCUT2D eigenvalue weighted by Crippen LogP contribution is -2.23. The van der Waals surface area contributed by atoms with Gasteiger partial charge in [0.1, 0.15) is 0 Å². The van der Waals surface area contributed by atoms with Gasteiger partial charge in [-0.3, -0.25) is 4.79 Å². The van der Waals surface area contributed by atoms with Gasteiger partial charge in [-0.25, -0.2) is 13.4 Å². The van der Waals surface area contributed by atoms with E-state index in [1.807, 2.05) is 35.7 Å². The highest BCUT2D eigenvalue weighted by atomic mass is 32.2. The minimum Gasteiger partial charge on any atom is -0.302 e. The Morgan fingerprint density at radius 3 is 2.77 bits per heavy atom. The van der Waals surface area contributed by atoms with Crippen molar-refractivity contribution in [2.75, 3.05) is 16.8 Å². The van der Waals surface area contributed by atoms with Crippen LogP contribution in [-0.4, -0.2) is 30.8 Å². The van der Waals surface area contributed by atoms with E-state index in [0.717, 1.165) is 11.3 Å². The molecule has 1 aliphatic heterocycles. The molecule has 7 heteroatoms. The van der Waals surface area contributed by atoms with Crippen LogP contribution in [0.1, 0.15) is 17.7 Å². The van der Waals surface area contributed by atoms with Gasteiger partial charge in [0.05, 0.1) is 23.1 Å². The van der Waals surface area contributed by atoms with Crippen molar-refractivity contribution in [1.82, 2.24) is 4.98 Å². The highest BCUT2D eigenvalue weighted by Crippen LogP contribution is 2.23. The number of amides is 1. The Kier molecular flexibility index (Phi) is 4.26. The fourth-order valence-corrected chi connectivity index (χ4v) is 4.91. The largest absolute Gasteiger partial charge is 0.302 e. The maximum atomic E-state index is 12.1. The van der Waals surface area contributed by atoms with E-state index in [4.69, 9.17) is 0 Å². The molecule has 1 saturated heterocycles. The van der Waals surface area contributed by atoms with E-state index in [2.05, 4.69) is 10.3 Å². The average Bonchev–Trinajstić information content (AvgIpc) is 3.06. The summed E-state index contributed by atoms with van der Waals surface area (Å²) in [5, 5.41) is 5.17. The Balaban J connectivity index is 1.61. The first-order valence-electron chi connectivity index (χ1n) is 7.01. The monoisotopic (exact) mass is 336 g/mol. The summed E-state index contributed by atoms with van der Waals surface area (Å²) in [5.74, 6) is -0.656. The van der Waals surface area contributed by atoms with Crippen LogP contribution in [0.3, 0.4) is 0 Å². The van der Waals surface area contributed by atoms with Gasteiger partial charge in [0.25, 0.3) is 0 Å². The van der Waals surface area contributed by atoms with Crippen LogP contribution in [-0.2, 0) is 21.1 Å². The number of rotatable bonds is 4. The lowest BCUT2D eigenvalue weighted by Gasteiger charge is -2.06. The molecule has 1 amide bonds. The van der Waals surface area contributed by atoms with Crippen molar-refractivity contribution in [2.45, 2.75) is 12.8 Å². The highest BCUT2D eigenvalue weighted by molar-refractivity contribution is 7.91. The molecule has 1 aliphatic rings. The first-order chi connectivity index (χ1) is 10.5. The van der Waals surface area contributed by atoms with Crippen LogP contribution < -0.4 is 5.32 Å². The Morgan fingerprint density at radius 2 is 2.09 bits per heavy atom. The number of benzene rings is 1. The van der Waals surface area contributed by atoms with Crippen LogP contribution in [0, 0.1) is 5.92 Å². The third-order valence-electron chi connectivity index (χ3n) is 3.61. The number of hydrogen-bond donors (Lipinski definition) is 1. The molecule has 2 heterocycles. The summed E-state index contributed by atoms with van der Waals surface area (Å²) >= 11 is 1.36. The summed E-state index contributed by atoms with van der Waals surface area (Å²) in [5.41, 5.74) is 2.05. The van der Waals surface area contributed by atoms with Gasteiger partial charge in [0, 0.05) is 11.8 Å². The van der Waals surface area contributed by atoms with Gasteiger partial charge in [-0.05, 0) is 12.0 Å². The molecule has 1 aromatic carbocycles. The summed E-state index contributed by atoms with van der Waals surface area (Å²) < 4.78 is 22.8. The smallest absolute Gasteiger partial charge is 0.230 e. The zero-order valence-corrected chi connectivity index (χ0v) is 13.5. The Bertz CT molecular complexity index is 769. The van der Waals surface area contributed by atoms with E-state index in [-0.39, 0.29) is 17.4 Å². The fraction of sp³-hybridized carbons (Fsp3) is 0.333. The predicted molar refractivity (Wildman–Crippen MR) is 86.8 cm³/mol. The summed E-state index contributed by atoms with van der Waals surface area (Å²) in [6, 6.07) is 9.98. The van der Waals surface area contributed by atoms with Gasteiger partial charge < -0.3 is 5.32 Å². The molecule has 5 nitrogen and oxygen atoms in total. The number of nitrogens with one attached hydrogen (secondary N) is 1. The topological polar surface area (TPSA) is 76.1 Å². The second kappa shape index (κ2) is 6.18. The molecule has 0 bridgehead atoms. The maximum Gasteiger partial charge on any atom is 0.230 e. The third kappa shape index (κ3) is 3.72. The number of aromatic nitrogens is 1. The van der Waals surface area contributed by atoms with Gasteiger partial charge in [0.15, 0.2) is 15.0 Å². The Labute approximate surface area is 133 Å². The molecule has 1 atom stereocenters. The molecule has 1 aromatic heterocycles. The first kappa shape index (κ1) is 15.2. The zero-order valence-electron chi connectivity index (χ0n) is 11.9. The molecule has 1 unspecified atom stereocenters. The van der Waals surface area contributed by atoms with Crippen LogP contribution >= 0.6 is 11.3 Å². The van der Waals surface area contributed by atoms with Crippen LogP contribution in [0.4, 0.5) is 5.13 Å². The fourth-order valence-electron chi connectivity index (χ4n) is 2.46. The second-order valence-electron chi connectivity index (χ2n) is 5.40. The van der Waals surface area contributed by atoms with E-state index < -0.39 is 15.8 Å². The van der Waals surface area contributed by atoms with Crippen molar-refractivity contribution in [1.29, 1.82) is 0 Å². The average molecular weight is 336 g/mol. The number of anilines is 1. The van der Waals surface area contributed by atoms with Crippen LogP contribution in [0.2, 0.25) is 0 Å². The molecular weight excluding hydrogens is 320 g/mol. The number of hydrogen-bond acceptors (Lipinski definition) is 5. The second-order valence-corrected chi connectivity index (χ2v) is 8.48. The van der Waals surface area contributed by atoms with Gasteiger partial charge in [-0.1, -0.05) is 30.3 Å². The van der Waals surface area contributed by atoms with Crippen LogP contribution in [0.5, 0.6) is 0 Å². The number of nitrogens with zero attached hydrogens (tertiary/aromatic N) is 1. The van der Waals surface area contributed by atoms with Gasteiger partial charge in [-0.2, -0.15) is 0 Å². The molecule has 1 fully saturated rings. The van der Waals surface area contributed by atoms with E-state index in [0.29, 0.717) is 18.0 Å². The molecule has 0 aliphatic carbocycles. The Morgan fingerprint density at radius 1 is 1.32 bits per heavy atom. The number of thiazole rings is 1. The molecular formula is C15H16N2O3S2. The van der Waals surface area contributed by atoms with E-state index in [9.17, 15) is 13.2 Å². The van der Waals surface area contributed by atoms with Crippen molar-refractivity contribution < 1.29 is 13.2 Å². The van der Waals surface area contributed by atoms with Crippen molar-refractivity contribution in [3.05, 3.63) is 47.0 Å². The van der Waals surface area contributed by atoms with E-state index in [1.165, 1.54) is 11.3 Å². The first-order valence-corrected chi connectivity index (χ1v) is 9.71. The van der Waals surface area contributed by atoms with Gasteiger partial charge in [0.2, 0.25) is 5.91 Å². The molecule has 0 saturated carbocycles.